The van der Waals surface area contributed by atoms with Gasteiger partial charge in [0.2, 0.25) is 0 Å². The van der Waals surface area contributed by atoms with Crippen LogP contribution in [-0.4, -0.2) is 29.5 Å². The highest BCUT2D eigenvalue weighted by Crippen LogP contribution is 2.26. The average molecular weight is 315 g/mol. The van der Waals surface area contributed by atoms with Gasteiger partial charge in [0.05, 0.1) is 18.1 Å². The molecule has 5 rings (SSSR count). The van der Waals surface area contributed by atoms with Crippen molar-refractivity contribution in [1.29, 1.82) is 0 Å². The number of H-pyrrole nitrogens is 2. The Morgan fingerprint density at radius 1 is 1.08 bits per heavy atom. The Kier molecular flexibility index (Phi) is 2.66. The van der Waals surface area contributed by atoms with E-state index in [-0.39, 0.29) is 0 Å². The molecule has 0 aliphatic heterocycles. The van der Waals surface area contributed by atoms with Crippen LogP contribution >= 0.6 is 0 Å². The van der Waals surface area contributed by atoms with Gasteiger partial charge in [-0.15, -0.1) is 0 Å². The Labute approximate surface area is 136 Å². The van der Waals surface area contributed by atoms with Gasteiger partial charge in [-0.2, -0.15) is 5.10 Å². The molecule has 4 heterocycles. The van der Waals surface area contributed by atoms with E-state index in [0.29, 0.717) is 5.82 Å². The molecule has 24 heavy (non-hydrogen) atoms. The van der Waals surface area contributed by atoms with E-state index in [1.807, 2.05) is 47.4 Å². The number of hydrogen-bond donors (Lipinski definition) is 3. The monoisotopic (exact) mass is 315 g/mol. The van der Waals surface area contributed by atoms with Crippen molar-refractivity contribution in [3.63, 3.8) is 0 Å². The van der Waals surface area contributed by atoms with Crippen LogP contribution in [0.25, 0.3) is 27.8 Å². The van der Waals surface area contributed by atoms with Gasteiger partial charge >= 0.3 is 0 Å². The lowest BCUT2D eigenvalue weighted by molar-refractivity contribution is 1.09. The van der Waals surface area contributed by atoms with Gasteiger partial charge in [-0.05, 0) is 24.3 Å². The Balaban J connectivity index is 1.60. The van der Waals surface area contributed by atoms with Crippen molar-refractivity contribution in [2.75, 3.05) is 5.32 Å². The third-order valence-corrected chi connectivity index (χ3v) is 4.04. The predicted octanol–water partition coefficient (Wildman–Crippen LogP) is 3.34. The van der Waals surface area contributed by atoms with Gasteiger partial charge in [0.15, 0.2) is 11.5 Å². The van der Waals surface area contributed by atoms with Gasteiger partial charge in [-0.1, -0.05) is 0 Å². The first-order chi connectivity index (χ1) is 11.9. The van der Waals surface area contributed by atoms with E-state index in [1.165, 1.54) is 0 Å². The van der Waals surface area contributed by atoms with Crippen LogP contribution in [0.5, 0.6) is 0 Å². The van der Waals surface area contributed by atoms with Crippen molar-refractivity contribution in [3.05, 3.63) is 61.4 Å². The summed E-state index contributed by atoms with van der Waals surface area (Å²) >= 11 is 0. The highest BCUT2D eigenvalue weighted by atomic mass is 15.1. The summed E-state index contributed by atoms with van der Waals surface area (Å²) in [6.45, 7) is 0. The molecule has 0 spiro atoms. The first-order valence-electron chi connectivity index (χ1n) is 7.54. The summed E-state index contributed by atoms with van der Waals surface area (Å²) in [7, 11) is 0. The van der Waals surface area contributed by atoms with Gasteiger partial charge in [-0.3, -0.25) is 9.50 Å². The standard InChI is InChI=1S/C17H13N7/c1-2-14-11(3-4-18-14)7-13(1)23-16-17-19-5-6-24(17)15(10-20-16)12-8-21-22-9-12/h1-10,18H,(H,20,23)(H,21,22). The molecule has 7 heteroatoms. The summed E-state index contributed by atoms with van der Waals surface area (Å²) < 4.78 is 2.00. The Bertz CT molecular complexity index is 1130. The summed E-state index contributed by atoms with van der Waals surface area (Å²) in [5.41, 5.74) is 4.74. The first kappa shape index (κ1) is 12.9. The van der Waals surface area contributed by atoms with Crippen molar-refractivity contribution in [2.45, 2.75) is 0 Å². The molecule has 0 saturated heterocycles. The summed E-state index contributed by atoms with van der Waals surface area (Å²) in [4.78, 5) is 12.2. The van der Waals surface area contributed by atoms with Crippen molar-refractivity contribution in [3.8, 4) is 11.3 Å². The molecule has 0 fully saturated rings. The SMILES string of the molecule is c1cn2c(-c3cn[nH]c3)cnc(Nc3ccc4[nH]ccc4c3)c2n1. The maximum Gasteiger partial charge on any atom is 0.180 e. The van der Waals surface area contributed by atoms with Crippen LogP contribution in [0.3, 0.4) is 0 Å². The largest absolute Gasteiger partial charge is 0.361 e. The fraction of sp³-hybridized carbons (Fsp3) is 0. The van der Waals surface area contributed by atoms with E-state index < -0.39 is 0 Å². The van der Waals surface area contributed by atoms with Crippen LogP contribution in [0.2, 0.25) is 0 Å². The van der Waals surface area contributed by atoms with Crippen molar-refractivity contribution >= 4 is 28.1 Å². The summed E-state index contributed by atoms with van der Waals surface area (Å²) in [5, 5.41) is 11.3. The lowest BCUT2D eigenvalue weighted by Crippen LogP contribution is -2.00. The van der Waals surface area contributed by atoms with E-state index in [1.54, 1.807) is 12.4 Å². The number of anilines is 2. The molecule has 0 radical (unpaired) electrons. The molecule has 4 aromatic heterocycles. The van der Waals surface area contributed by atoms with Crippen LogP contribution in [0.15, 0.2) is 61.4 Å². The third kappa shape index (κ3) is 1.95. The quantitative estimate of drug-likeness (QED) is 0.476. The number of benzene rings is 1. The number of aromatic nitrogens is 6. The molecular weight excluding hydrogens is 302 g/mol. The van der Waals surface area contributed by atoms with Crippen molar-refractivity contribution in [1.82, 2.24) is 29.5 Å². The fourth-order valence-corrected chi connectivity index (χ4v) is 2.88. The lowest BCUT2D eigenvalue weighted by Gasteiger charge is -2.09. The third-order valence-electron chi connectivity index (χ3n) is 4.04. The Hall–Kier alpha value is -3.61. The van der Waals surface area contributed by atoms with Gasteiger partial charge in [-0.25, -0.2) is 9.97 Å². The second-order valence-electron chi connectivity index (χ2n) is 5.50. The minimum atomic E-state index is 0.710. The van der Waals surface area contributed by atoms with Crippen molar-refractivity contribution in [2.24, 2.45) is 0 Å². The van der Waals surface area contributed by atoms with E-state index in [4.69, 9.17) is 0 Å². The van der Waals surface area contributed by atoms with Gasteiger partial charge < -0.3 is 10.3 Å². The number of aromatic amines is 2. The first-order valence-corrected chi connectivity index (χ1v) is 7.54. The van der Waals surface area contributed by atoms with E-state index in [0.717, 1.165) is 33.5 Å². The summed E-state index contributed by atoms with van der Waals surface area (Å²) in [6, 6.07) is 8.18. The van der Waals surface area contributed by atoms with Gasteiger partial charge in [0.25, 0.3) is 0 Å². The smallest absolute Gasteiger partial charge is 0.180 e. The topological polar surface area (TPSA) is 86.7 Å². The normalized spacial score (nSPS) is 11.3. The number of imidazole rings is 1. The number of nitrogens with zero attached hydrogens (tertiary/aromatic N) is 4. The zero-order valence-electron chi connectivity index (χ0n) is 12.6. The maximum absolute atomic E-state index is 4.55. The molecule has 3 N–H and O–H groups in total. The fourth-order valence-electron chi connectivity index (χ4n) is 2.88. The van der Waals surface area contributed by atoms with Crippen LogP contribution in [0.1, 0.15) is 0 Å². The van der Waals surface area contributed by atoms with E-state index >= 15 is 0 Å². The highest BCUT2D eigenvalue weighted by molar-refractivity contribution is 5.85. The molecule has 0 saturated carbocycles. The van der Waals surface area contributed by atoms with E-state index in [2.05, 4.69) is 36.5 Å². The zero-order valence-corrected chi connectivity index (χ0v) is 12.6. The Morgan fingerprint density at radius 3 is 3.00 bits per heavy atom. The molecule has 116 valence electrons. The zero-order chi connectivity index (χ0) is 15.9. The highest BCUT2D eigenvalue weighted by Gasteiger charge is 2.11. The van der Waals surface area contributed by atoms with Crippen LogP contribution in [-0.2, 0) is 0 Å². The van der Waals surface area contributed by atoms with Crippen LogP contribution in [0.4, 0.5) is 11.5 Å². The van der Waals surface area contributed by atoms with Crippen LogP contribution < -0.4 is 5.32 Å². The lowest BCUT2D eigenvalue weighted by atomic mass is 10.2. The van der Waals surface area contributed by atoms with E-state index in [9.17, 15) is 0 Å². The molecule has 0 aliphatic rings. The average Bonchev–Trinajstić information content (AvgIpc) is 3.35. The molecular formula is C17H13N7. The number of rotatable bonds is 3. The number of hydrogen-bond acceptors (Lipinski definition) is 4. The van der Waals surface area contributed by atoms with Gasteiger partial charge in [0, 0.05) is 46.9 Å². The Morgan fingerprint density at radius 2 is 2.08 bits per heavy atom. The molecule has 1 aromatic carbocycles. The molecule has 7 nitrogen and oxygen atoms in total. The minimum absolute atomic E-state index is 0.710. The number of fused-ring (bicyclic) bond motifs is 2. The maximum atomic E-state index is 4.55. The minimum Gasteiger partial charge on any atom is -0.361 e. The molecule has 0 atom stereocenters. The summed E-state index contributed by atoms with van der Waals surface area (Å²) in [5.74, 6) is 0.710. The molecule has 0 unspecified atom stereocenters. The second-order valence-corrected chi connectivity index (χ2v) is 5.50. The molecule has 0 aliphatic carbocycles. The molecule has 0 bridgehead atoms. The van der Waals surface area contributed by atoms with Crippen LogP contribution in [0, 0.1) is 0 Å². The predicted molar refractivity (Wildman–Crippen MR) is 92.2 cm³/mol. The summed E-state index contributed by atoms with van der Waals surface area (Å²) in [6.07, 6.45) is 11.0. The molecule has 0 amide bonds. The van der Waals surface area contributed by atoms with Crippen molar-refractivity contribution < 1.29 is 0 Å². The molecule has 5 aromatic rings. The van der Waals surface area contributed by atoms with Gasteiger partial charge in [0.1, 0.15) is 0 Å². The second kappa shape index (κ2) is 4.95. The number of nitrogens with one attached hydrogen (secondary N) is 3.